The number of hydrogen-bond donors (Lipinski definition) is 2. The minimum absolute atomic E-state index is 0.0890. The first-order valence-electron chi connectivity index (χ1n) is 5.48. The molecule has 0 aliphatic rings. The minimum atomic E-state index is -0.596. The Hall–Kier alpha value is -1.26. The summed E-state index contributed by atoms with van der Waals surface area (Å²) in [5, 5.41) is 11.7. The van der Waals surface area contributed by atoms with Crippen molar-refractivity contribution < 1.29 is 14.6 Å². The van der Waals surface area contributed by atoms with Gasteiger partial charge in [0, 0.05) is 6.54 Å². The van der Waals surface area contributed by atoms with Gasteiger partial charge in [-0.15, -0.1) is 0 Å². The Morgan fingerprint density at radius 1 is 1.53 bits per heavy atom. The number of carbonyl (C=O) groups excluding carboxylic acids is 1. The molecule has 0 bridgehead atoms. The molecule has 1 amide bonds. The normalized spacial score (nSPS) is 11.9. The van der Waals surface area contributed by atoms with E-state index < -0.39 is 6.10 Å². The highest BCUT2D eigenvalue weighted by atomic mass is 35.5. The Balaban J connectivity index is 2.63. The lowest BCUT2D eigenvalue weighted by molar-refractivity contribution is -0.128. The van der Waals surface area contributed by atoms with Crippen molar-refractivity contribution in [1.29, 1.82) is 0 Å². The van der Waals surface area contributed by atoms with Crippen LogP contribution in [-0.2, 0) is 4.79 Å². The predicted octanol–water partition coefficient (Wildman–Crippen LogP) is 1.61. The summed E-state index contributed by atoms with van der Waals surface area (Å²) in [5.74, 6) is 0.238. The van der Waals surface area contributed by atoms with Crippen molar-refractivity contribution in [1.82, 2.24) is 5.32 Å². The Kier molecular flexibility index (Phi) is 5.80. The third-order valence-corrected chi connectivity index (χ3v) is 2.49. The number of rotatable bonds is 6. The zero-order chi connectivity index (χ0) is 12.7. The number of ether oxygens (including phenoxy) is 1. The van der Waals surface area contributed by atoms with Crippen LogP contribution in [0.3, 0.4) is 0 Å². The van der Waals surface area contributed by atoms with Crippen LogP contribution in [-0.4, -0.2) is 30.3 Å². The Morgan fingerprint density at radius 2 is 2.24 bits per heavy atom. The molecule has 2 N–H and O–H groups in total. The molecule has 94 valence electrons. The third-order valence-electron chi connectivity index (χ3n) is 2.18. The number of para-hydroxylation sites is 1. The topological polar surface area (TPSA) is 58.6 Å². The monoisotopic (exact) mass is 257 g/mol. The van der Waals surface area contributed by atoms with Crippen LogP contribution in [0.5, 0.6) is 5.75 Å². The fourth-order valence-corrected chi connectivity index (χ4v) is 1.49. The molecule has 0 saturated carbocycles. The molecule has 0 aliphatic carbocycles. The van der Waals surface area contributed by atoms with E-state index in [4.69, 9.17) is 21.4 Å². The SMILES string of the molecule is CCC(Oc1ccccc1Cl)C(=O)NCCO. The largest absolute Gasteiger partial charge is 0.479 e. The van der Waals surface area contributed by atoms with Crippen molar-refractivity contribution in [2.75, 3.05) is 13.2 Å². The molecule has 0 spiro atoms. The summed E-state index contributed by atoms with van der Waals surface area (Å²) in [6, 6.07) is 7.00. The molecule has 0 aromatic heterocycles. The van der Waals surface area contributed by atoms with E-state index in [9.17, 15) is 4.79 Å². The Labute approximate surface area is 106 Å². The van der Waals surface area contributed by atoms with Gasteiger partial charge in [0.25, 0.3) is 5.91 Å². The molecule has 0 heterocycles. The molecule has 1 atom stereocenters. The highest BCUT2D eigenvalue weighted by Crippen LogP contribution is 2.24. The summed E-state index contributed by atoms with van der Waals surface area (Å²) in [4.78, 5) is 11.7. The van der Waals surface area contributed by atoms with Gasteiger partial charge < -0.3 is 15.2 Å². The summed E-state index contributed by atoms with van der Waals surface area (Å²) in [7, 11) is 0. The van der Waals surface area contributed by atoms with Gasteiger partial charge in [0.05, 0.1) is 11.6 Å². The summed E-state index contributed by atoms with van der Waals surface area (Å²) < 4.78 is 5.53. The second-order valence-corrected chi connectivity index (χ2v) is 3.87. The molecule has 5 heteroatoms. The maximum atomic E-state index is 11.7. The second-order valence-electron chi connectivity index (χ2n) is 3.46. The van der Waals surface area contributed by atoms with Gasteiger partial charge >= 0.3 is 0 Å². The molecular weight excluding hydrogens is 242 g/mol. The van der Waals surface area contributed by atoms with E-state index in [1.807, 2.05) is 6.92 Å². The van der Waals surface area contributed by atoms with E-state index in [0.717, 1.165) is 0 Å². The van der Waals surface area contributed by atoms with Crippen LogP contribution in [0, 0.1) is 0 Å². The molecule has 0 aliphatic heterocycles. The molecule has 4 nitrogen and oxygen atoms in total. The number of hydrogen-bond acceptors (Lipinski definition) is 3. The van der Waals surface area contributed by atoms with Crippen molar-refractivity contribution in [2.24, 2.45) is 0 Å². The number of aliphatic hydroxyl groups excluding tert-OH is 1. The molecule has 0 fully saturated rings. The average Bonchev–Trinajstić information content (AvgIpc) is 2.35. The Bertz CT molecular complexity index is 371. The summed E-state index contributed by atoms with van der Waals surface area (Å²) in [5.41, 5.74) is 0. The van der Waals surface area contributed by atoms with Crippen molar-refractivity contribution in [3.63, 3.8) is 0 Å². The van der Waals surface area contributed by atoms with Crippen LogP contribution in [0.1, 0.15) is 13.3 Å². The summed E-state index contributed by atoms with van der Waals surface area (Å²) in [6.07, 6.45) is -0.0656. The molecule has 0 radical (unpaired) electrons. The van der Waals surface area contributed by atoms with E-state index in [1.54, 1.807) is 24.3 Å². The van der Waals surface area contributed by atoms with Crippen molar-refractivity contribution in [3.05, 3.63) is 29.3 Å². The molecule has 0 saturated heterocycles. The standard InChI is InChI=1S/C12H16ClNO3/c1-2-10(12(16)14-7-8-15)17-11-6-4-3-5-9(11)13/h3-6,10,15H,2,7-8H2,1H3,(H,14,16). The number of aliphatic hydroxyl groups is 1. The fourth-order valence-electron chi connectivity index (χ4n) is 1.31. The molecule has 1 aromatic rings. The molecular formula is C12H16ClNO3. The van der Waals surface area contributed by atoms with Gasteiger partial charge in [-0.3, -0.25) is 4.79 Å². The first-order chi connectivity index (χ1) is 8.19. The van der Waals surface area contributed by atoms with Crippen molar-refractivity contribution in [3.8, 4) is 5.75 Å². The number of amides is 1. The number of halogens is 1. The smallest absolute Gasteiger partial charge is 0.261 e. The van der Waals surface area contributed by atoms with E-state index >= 15 is 0 Å². The summed E-state index contributed by atoms with van der Waals surface area (Å²) >= 11 is 5.94. The zero-order valence-electron chi connectivity index (χ0n) is 9.65. The quantitative estimate of drug-likeness (QED) is 0.814. The minimum Gasteiger partial charge on any atom is -0.479 e. The van der Waals surface area contributed by atoms with E-state index in [-0.39, 0.29) is 19.1 Å². The van der Waals surface area contributed by atoms with Gasteiger partial charge in [-0.05, 0) is 18.6 Å². The predicted molar refractivity (Wildman–Crippen MR) is 66.3 cm³/mol. The fraction of sp³-hybridized carbons (Fsp3) is 0.417. The highest BCUT2D eigenvalue weighted by molar-refractivity contribution is 6.32. The summed E-state index contributed by atoms with van der Waals surface area (Å²) in [6.45, 7) is 1.98. The van der Waals surface area contributed by atoms with Crippen LogP contribution in [0.25, 0.3) is 0 Å². The lowest BCUT2D eigenvalue weighted by atomic mass is 10.2. The maximum absolute atomic E-state index is 11.7. The van der Waals surface area contributed by atoms with Crippen molar-refractivity contribution in [2.45, 2.75) is 19.4 Å². The maximum Gasteiger partial charge on any atom is 0.261 e. The van der Waals surface area contributed by atoms with Gasteiger partial charge in [0.2, 0.25) is 0 Å². The lowest BCUT2D eigenvalue weighted by Crippen LogP contribution is -2.39. The number of nitrogens with one attached hydrogen (secondary N) is 1. The zero-order valence-corrected chi connectivity index (χ0v) is 10.4. The third kappa shape index (κ3) is 4.24. The molecule has 17 heavy (non-hydrogen) atoms. The molecule has 1 unspecified atom stereocenters. The van der Waals surface area contributed by atoms with Gasteiger partial charge in [-0.2, -0.15) is 0 Å². The first kappa shape index (κ1) is 13.8. The van der Waals surface area contributed by atoms with Gasteiger partial charge in [-0.25, -0.2) is 0 Å². The van der Waals surface area contributed by atoms with Crippen LogP contribution in [0.2, 0.25) is 5.02 Å². The van der Waals surface area contributed by atoms with E-state index in [1.165, 1.54) is 0 Å². The Morgan fingerprint density at radius 3 is 2.82 bits per heavy atom. The first-order valence-corrected chi connectivity index (χ1v) is 5.86. The highest BCUT2D eigenvalue weighted by Gasteiger charge is 2.18. The van der Waals surface area contributed by atoms with Crippen LogP contribution < -0.4 is 10.1 Å². The van der Waals surface area contributed by atoms with Crippen LogP contribution in [0.15, 0.2) is 24.3 Å². The lowest BCUT2D eigenvalue weighted by Gasteiger charge is -2.17. The van der Waals surface area contributed by atoms with Crippen molar-refractivity contribution >= 4 is 17.5 Å². The van der Waals surface area contributed by atoms with Crippen LogP contribution >= 0.6 is 11.6 Å². The van der Waals surface area contributed by atoms with E-state index in [0.29, 0.717) is 17.2 Å². The van der Waals surface area contributed by atoms with Gasteiger partial charge in [-0.1, -0.05) is 30.7 Å². The van der Waals surface area contributed by atoms with Gasteiger partial charge in [0.1, 0.15) is 5.75 Å². The van der Waals surface area contributed by atoms with Gasteiger partial charge in [0.15, 0.2) is 6.10 Å². The second kappa shape index (κ2) is 7.14. The number of carbonyl (C=O) groups is 1. The number of benzene rings is 1. The molecule has 1 rings (SSSR count). The van der Waals surface area contributed by atoms with E-state index in [2.05, 4.69) is 5.32 Å². The average molecular weight is 258 g/mol. The van der Waals surface area contributed by atoms with Crippen LogP contribution in [0.4, 0.5) is 0 Å². The molecule has 1 aromatic carbocycles.